The third-order valence-corrected chi connectivity index (χ3v) is 2.80. The SMILES string of the molecule is O=C(O)C1(c2ccc(Cl)nc2)CC1(F)F. The van der Waals surface area contributed by atoms with Gasteiger partial charge in [-0.05, 0) is 11.6 Å². The third kappa shape index (κ3) is 1.30. The minimum atomic E-state index is -3.20. The number of nitrogens with zero attached hydrogens (tertiary/aromatic N) is 1. The molecular formula is C9H6ClF2NO2. The van der Waals surface area contributed by atoms with Gasteiger partial charge in [0.2, 0.25) is 0 Å². The van der Waals surface area contributed by atoms with Gasteiger partial charge in [-0.25, -0.2) is 13.8 Å². The van der Waals surface area contributed by atoms with Crippen molar-refractivity contribution in [1.82, 2.24) is 4.98 Å². The molecule has 2 rings (SSSR count). The first-order valence-corrected chi connectivity index (χ1v) is 4.51. The van der Waals surface area contributed by atoms with Gasteiger partial charge in [0.05, 0.1) is 0 Å². The van der Waals surface area contributed by atoms with Crippen molar-refractivity contribution >= 4 is 17.6 Å². The van der Waals surface area contributed by atoms with Gasteiger partial charge in [-0.3, -0.25) is 4.79 Å². The summed E-state index contributed by atoms with van der Waals surface area (Å²) in [7, 11) is 0. The quantitative estimate of drug-likeness (QED) is 0.796. The van der Waals surface area contributed by atoms with E-state index in [-0.39, 0.29) is 10.7 Å². The summed E-state index contributed by atoms with van der Waals surface area (Å²) in [6, 6.07) is 2.57. The topological polar surface area (TPSA) is 50.2 Å². The molecule has 0 spiro atoms. The number of alkyl halides is 2. The maximum absolute atomic E-state index is 13.0. The Morgan fingerprint density at radius 2 is 2.13 bits per heavy atom. The molecule has 0 bridgehead atoms. The van der Waals surface area contributed by atoms with Gasteiger partial charge in [0.25, 0.3) is 5.92 Å². The van der Waals surface area contributed by atoms with Gasteiger partial charge in [0.1, 0.15) is 5.15 Å². The minimum Gasteiger partial charge on any atom is -0.480 e. The lowest BCUT2D eigenvalue weighted by molar-refractivity contribution is -0.142. The van der Waals surface area contributed by atoms with E-state index in [0.717, 1.165) is 6.20 Å². The average molecular weight is 234 g/mol. The highest BCUT2D eigenvalue weighted by molar-refractivity contribution is 6.29. The molecule has 1 N–H and O–H groups in total. The molecule has 3 nitrogen and oxygen atoms in total. The molecule has 1 aromatic heterocycles. The predicted molar refractivity (Wildman–Crippen MR) is 48.1 cm³/mol. The van der Waals surface area contributed by atoms with E-state index in [2.05, 4.69) is 4.98 Å². The molecule has 1 atom stereocenters. The van der Waals surface area contributed by atoms with Crippen LogP contribution in [0.3, 0.4) is 0 Å². The van der Waals surface area contributed by atoms with Crippen LogP contribution in [-0.4, -0.2) is 22.0 Å². The lowest BCUT2D eigenvalue weighted by Crippen LogP contribution is -2.27. The van der Waals surface area contributed by atoms with Crippen LogP contribution in [0, 0.1) is 0 Å². The second kappa shape index (κ2) is 2.88. The molecule has 1 heterocycles. The minimum absolute atomic E-state index is 0.00981. The summed E-state index contributed by atoms with van der Waals surface area (Å²) in [5.41, 5.74) is -2.12. The highest BCUT2D eigenvalue weighted by Gasteiger charge is 2.77. The first-order chi connectivity index (χ1) is 6.90. The lowest BCUT2D eigenvalue weighted by Gasteiger charge is -2.10. The number of carboxylic acid groups (broad SMARTS) is 1. The van der Waals surface area contributed by atoms with Crippen molar-refractivity contribution in [2.45, 2.75) is 17.8 Å². The molecule has 80 valence electrons. The van der Waals surface area contributed by atoms with Gasteiger partial charge < -0.3 is 5.11 Å². The van der Waals surface area contributed by atoms with Crippen LogP contribution in [0.4, 0.5) is 8.78 Å². The van der Waals surface area contributed by atoms with Gasteiger partial charge in [0.15, 0.2) is 5.41 Å². The molecular weight excluding hydrogens is 228 g/mol. The molecule has 1 fully saturated rings. The Balaban J connectivity index is 2.45. The highest BCUT2D eigenvalue weighted by Crippen LogP contribution is 2.61. The lowest BCUT2D eigenvalue weighted by atomic mass is 9.97. The van der Waals surface area contributed by atoms with Crippen molar-refractivity contribution in [3.63, 3.8) is 0 Å². The Bertz CT molecular complexity index is 421. The van der Waals surface area contributed by atoms with E-state index in [1.54, 1.807) is 0 Å². The fraction of sp³-hybridized carbons (Fsp3) is 0.333. The molecule has 1 aliphatic carbocycles. The molecule has 0 aromatic carbocycles. The van der Waals surface area contributed by atoms with Crippen LogP contribution in [0.5, 0.6) is 0 Å². The van der Waals surface area contributed by atoms with E-state index in [1.807, 2.05) is 0 Å². The molecule has 0 radical (unpaired) electrons. The van der Waals surface area contributed by atoms with Gasteiger partial charge in [-0.2, -0.15) is 0 Å². The molecule has 1 aromatic rings. The third-order valence-electron chi connectivity index (χ3n) is 2.57. The van der Waals surface area contributed by atoms with E-state index in [4.69, 9.17) is 16.7 Å². The number of aliphatic carboxylic acids is 1. The molecule has 0 saturated heterocycles. The fourth-order valence-corrected chi connectivity index (χ4v) is 1.70. The molecule has 15 heavy (non-hydrogen) atoms. The number of rotatable bonds is 2. The van der Waals surface area contributed by atoms with E-state index in [1.165, 1.54) is 12.1 Å². The second-order valence-corrected chi connectivity index (χ2v) is 3.85. The Kier molecular flexibility index (Phi) is 1.98. The Labute approximate surface area is 88.7 Å². The zero-order valence-corrected chi connectivity index (χ0v) is 8.13. The molecule has 6 heteroatoms. The Morgan fingerprint density at radius 1 is 1.53 bits per heavy atom. The summed E-state index contributed by atoms with van der Waals surface area (Å²) in [6.07, 6.45) is 0.399. The van der Waals surface area contributed by atoms with Crippen molar-refractivity contribution in [2.24, 2.45) is 0 Å². The first-order valence-electron chi connectivity index (χ1n) is 4.13. The van der Waals surface area contributed by atoms with Crippen molar-refractivity contribution in [3.8, 4) is 0 Å². The van der Waals surface area contributed by atoms with Crippen molar-refractivity contribution < 1.29 is 18.7 Å². The number of carboxylic acids is 1. The summed E-state index contributed by atoms with van der Waals surface area (Å²) in [4.78, 5) is 14.4. The van der Waals surface area contributed by atoms with E-state index < -0.39 is 23.7 Å². The van der Waals surface area contributed by atoms with E-state index >= 15 is 0 Å². The van der Waals surface area contributed by atoms with Crippen LogP contribution in [0.15, 0.2) is 18.3 Å². The van der Waals surface area contributed by atoms with Crippen LogP contribution in [0.1, 0.15) is 12.0 Å². The van der Waals surface area contributed by atoms with Gasteiger partial charge in [-0.1, -0.05) is 17.7 Å². The molecule has 0 amide bonds. The number of carbonyl (C=O) groups is 1. The molecule has 0 aliphatic heterocycles. The van der Waals surface area contributed by atoms with Gasteiger partial charge >= 0.3 is 5.97 Å². The normalized spacial score (nSPS) is 27.4. The standard InChI is InChI=1S/C9H6ClF2NO2/c10-6-2-1-5(3-13-6)8(7(14)15)4-9(8,11)12/h1-3H,4H2,(H,14,15). The maximum Gasteiger partial charge on any atom is 0.320 e. The predicted octanol–water partition coefficient (Wildman–Crippen LogP) is 2.10. The summed E-state index contributed by atoms with van der Waals surface area (Å²) in [6.45, 7) is 0. The number of hydrogen-bond donors (Lipinski definition) is 1. The van der Waals surface area contributed by atoms with Gasteiger partial charge in [-0.15, -0.1) is 0 Å². The van der Waals surface area contributed by atoms with Crippen LogP contribution in [0.25, 0.3) is 0 Å². The van der Waals surface area contributed by atoms with Crippen LogP contribution in [0.2, 0.25) is 5.15 Å². The maximum atomic E-state index is 13.0. The fourth-order valence-electron chi connectivity index (χ4n) is 1.59. The smallest absolute Gasteiger partial charge is 0.320 e. The van der Waals surface area contributed by atoms with Crippen LogP contribution in [-0.2, 0) is 10.2 Å². The average Bonchev–Trinajstić information content (AvgIpc) is 2.72. The molecule has 1 unspecified atom stereocenters. The largest absolute Gasteiger partial charge is 0.480 e. The van der Waals surface area contributed by atoms with E-state index in [0.29, 0.717) is 0 Å². The van der Waals surface area contributed by atoms with Crippen molar-refractivity contribution in [1.29, 1.82) is 0 Å². The monoisotopic (exact) mass is 233 g/mol. The Morgan fingerprint density at radius 3 is 2.47 bits per heavy atom. The van der Waals surface area contributed by atoms with Gasteiger partial charge in [0, 0.05) is 12.6 Å². The number of pyridine rings is 1. The zero-order valence-electron chi connectivity index (χ0n) is 7.38. The first kappa shape index (κ1) is 10.3. The molecule has 1 aliphatic rings. The summed E-state index contributed by atoms with van der Waals surface area (Å²) in [5, 5.41) is 8.96. The summed E-state index contributed by atoms with van der Waals surface area (Å²) >= 11 is 5.49. The molecule has 1 saturated carbocycles. The van der Waals surface area contributed by atoms with Crippen LogP contribution >= 0.6 is 11.6 Å². The van der Waals surface area contributed by atoms with Crippen molar-refractivity contribution in [3.05, 3.63) is 29.0 Å². The second-order valence-electron chi connectivity index (χ2n) is 3.46. The number of hydrogen-bond acceptors (Lipinski definition) is 2. The Hall–Kier alpha value is -1.23. The van der Waals surface area contributed by atoms with Crippen LogP contribution < -0.4 is 0 Å². The summed E-state index contributed by atoms with van der Waals surface area (Å²) in [5.74, 6) is -4.73. The summed E-state index contributed by atoms with van der Waals surface area (Å²) < 4.78 is 26.1. The van der Waals surface area contributed by atoms with E-state index in [9.17, 15) is 13.6 Å². The number of aromatic nitrogens is 1. The zero-order chi connectivity index (χ0) is 11.3. The van der Waals surface area contributed by atoms with Crippen molar-refractivity contribution in [2.75, 3.05) is 0 Å². The number of halogens is 3. The highest BCUT2D eigenvalue weighted by atomic mass is 35.5.